The lowest BCUT2D eigenvalue weighted by Gasteiger charge is -2.05. The van der Waals surface area contributed by atoms with E-state index in [1.807, 2.05) is 24.3 Å². The molecule has 1 aromatic heterocycles. The van der Waals surface area contributed by atoms with E-state index in [9.17, 15) is 4.79 Å². The zero-order chi connectivity index (χ0) is 13.0. The number of rotatable bonds is 4. The lowest BCUT2D eigenvalue weighted by Crippen LogP contribution is -2.03. The molecule has 1 heterocycles. The van der Waals surface area contributed by atoms with E-state index in [2.05, 4.69) is 20.9 Å². The number of benzene rings is 1. The molecule has 1 aromatic carbocycles. The average molecular weight is 308 g/mol. The van der Waals surface area contributed by atoms with Crippen molar-refractivity contribution in [2.75, 3.05) is 0 Å². The molecule has 0 saturated heterocycles. The number of hydrogen-bond acceptors (Lipinski definition) is 3. The van der Waals surface area contributed by atoms with Crippen molar-refractivity contribution in [1.82, 2.24) is 4.98 Å². The number of halogens is 1. The van der Waals surface area contributed by atoms with Crippen molar-refractivity contribution in [3.8, 4) is 5.88 Å². The van der Waals surface area contributed by atoms with Crippen LogP contribution in [0.1, 0.15) is 16.1 Å². The highest BCUT2D eigenvalue weighted by molar-refractivity contribution is 9.10. The van der Waals surface area contributed by atoms with Gasteiger partial charge in [-0.2, -0.15) is 0 Å². The molecule has 2 rings (SSSR count). The number of ether oxygens (including phenoxy) is 1. The molecule has 0 amide bonds. The maximum atomic E-state index is 10.7. The predicted molar refractivity (Wildman–Crippen MR) is 69.7 cm³/mol. The van der Waals surface area contributed by atoms with E-state index >= 15 is 0 Å². The Bertz CT molecular complexity index is 554. The van der Waals surface area contributed by atoms with Gasteiger partial charge in [0.1, 0.15) is 6.61 Å². The third kappa shape index (κ3) is 3.30. The molecular weight excluding hydrogens is 298 g/mol. The lowest BCUT2D eigenvalue weighted by molar-refractivity contribution is 0.0689. The van der Waals surface area contributed by atoms with Crippen molar-refractivity contribution in [2.24, 2.45) is 0 Å². The van der Waals surface area contributed by atoms with Crippen LogP contribution in [-0.4, -0.2) is 16.1 Å². The highest BCUT2D eigenvalue weighted by atomic mass is 79.9. The van der Waals surface area contributed by atoms with Crippen molar-refractivity contribution in [1.29, 1.82) is 0 Å². The van der Waals surface area contributed by atoms with Crippen molar-refractivity contribution in [3.63, 3.8) is 0 Å². The van der Waals surface area contributed by atoms with Gasteiger partial charge in [0.15, 0.2) is 5.69 Å². The molecule has 4 nitrogen and oxygen atoms in total. The van der Waals surface area contributed by atoms with Gasteiger partial charge in [-0.05, 0) is 23.8 Å². The Labute approximate surface area is 112 Å². The summed E-state index contributed by atoms with van der Waals surface area (Å²) in [5, 5.41) is 8.80. The van der Waals surface area contributed by atoms with Gasteiger partial charge in [0.2, 0.25) is 5.88 Å². The Kier molecular flexibility index (Phi) is 3.94. The van der Waals surface area contributed by atoms with Crippen LogP contribution in [0.25, 0.3) is 0 Å². The topological polar surface area (TPSA) is 59.4 Å². The average Bonchev–Trinajstić information content (AvgIpc) is 2.38. The summed E-state index contributed by atoms with van der Waals surface area (Å²) in [5.74, 6) is -0.762. The largest absolute Gasteiger partial charge is 0.477 e. The van der Waals surface area contributed by atoms with E-state index in [1.165, 1.54) is 6.07 Å². The number of carboxylic acids is 1. The van der Waals surface area contributed by atoms with Gasteiger partial charge in [-0.3, -0.25) is 0 Å². The third-order valence-corrected chi connectivity index (χ3v) is 2.77. The van der Waals surface area contributed by atoms with E-state index in [-0.39, 0.29) is 5.69 Å². The van der Waals surface area contributed by atoms with Crippen LogP contribution in [0.3, 0.4) is 0 Å². The summed E-state index contributed by atoms with van der Waals surface area (Å²) in [7, 11) is 0. The number of aromatic nitrogens is 1. The van der Waals surface area contributed by atoms with Gasteiger partial charge in [0.05, 0.1) is 0 Å². The first-order valence-corrected chi connectivity index (χ1v) is 6.02. The maximum absolute atomic E-state index is 10.7. The summed E-state index contributed by atoms with van der Waals surface area (Å²) in [6.45, 7) is 0.351. The first-order valence-electron chi connectivity index (χ1n) is 5.23. The molecule has 5 heteroatoms. The summed E-state index contributed by atoms with van der Waals surface area (Å²) in [6, 6.07) is 12.3. The Morgan fingerprint density at radius 2 is 1.94 bits per heavy atom. The van der Waals surface area contributed by atoms with E-state index < -0.39 is 5.97 Å². The molecule has 0 saturated carbocycles. The molecule has 2 aromatic rings. The molecule has 18 heavy (non-hydrogen) atoms. The zero-order valence-corrected chi connectivity index (χ0v) is 10.9. The first kappa shape index (κ1) is 12.6. The molecule has 0 unspecified atom stereocenters. The molecule has 0 aliphatic heterocycles. The molecule has 0 atom stereocenters. The van der Waals surface area contributed by atoms with Crippen LogP contribution >= 0.6 is 15.9 Å². The molecule has 0 fully saturated rings. The van der Waals surface area contributed by atoms with Gasteiger partial charge in [0.25, 0.3) is 0 Å². The smallest absolute Gasteiger partial charge is 0.354 e. The fourth-order valence-corrected chi connectivity index (χ4v) is 1.62. The monoisotopic (exact) mass is 307 g/mol. The third-order valence-electron chi connectivity index (χ3n) is 2.24. The maximum Gasteiger partial charge on any atom is 0.354 e. The number of carboxylic acid groups (broad SMARTS) is 1. The van der Waals surface area contributed by atoms with Gasteiger partial charge >= 0.3 is 5.97 Å². The Morgan fingerprint density at radius 3 is 2.61 bits per heavy atom. The summed E-state index contributed by atoms with van der Waals surface area (Å²) in [4.78, 5) is 14.6. The van der Waals surface area contributed by atoms with E-state index in [0.717, 1.165) is 10.0 Å². The number of hydrogen-bond donors (Lipinski definition) is 1. The van der Waals surface area contributed by atoms with Crippen LogP contribution in [0, 0.1) is 0 Å². The summed E-state index contributed by atoms with van der Waals surface area (Å²) in [5.41, 5.74) is 0.962. The van der Waals surface area contributed by atoms with Crippen LogP contribution in [0.2, 0.25) is 0 Å². The minimum atomic E-state index is -1.07. The standard InChI is InChI=1S/C13H10BrNO3/c14-10-6-4-9(5-7-10)8-18-12-3-1-2-11(15-12)13(16)17/h1-7H,8H2,(H,16,17). The SMILES string of the molecule is O=C(O)c1cccc(OCc2ccc(Br)cc2)n1. The second-order valence-corrected chi connectivity index (χ2v) is 4.50. The first-order chi connectivity index (χ1) is 8.65. The number of nitrogens with zero attached hydrogens (tertiary/aromatic N) is 1. The minimum Gasteiger partial charge on any atom is -0.477 e. The van der Waals surface area contributed by atoms with Crippen LogP contribution < -0.4 is 4.74 Å². The minimum absolute atomic E-state index is 0.0247. The van der Waals surface area contributed by atoms with Crippen molar-refractivity contribution in [3.05, 3.63) is 58.2 Å². The van der Waals surface area contributed by atoms with Crippen molar-refractivity contribution in [2.45, 2.75) is 6.61 Å². The lowest BCUT2D eigenvalue weighted by atomic mass is 10.2. The number of pyridine rings is 1. The highest BCUT2D eigenvalue weighted by Gasteiger charge is 2.05. The van der Waals surface area contributed by atoms with Crippen LogP contribution in [0.5, 0.6) is 5.88 Å². The molecule has 0 aliphatic rings. The molecule has 0 aliphatic carbocycles. The predicted octanol–water partition coefficient (Wildman–Crippen LogP) is 3.12. The Balaban J connectivity index is 2.04. The van der Waals surface area contributed by atoms with Gasteiger partial charge < -0.3 is 9.84 Å². The summed E-state index contributed by atoms with van der Waals surface area (Å²) < 4.78 is 6.43. The van der Waals surface area contributed by atoms with Crippen LogP contribution in [-0.2, 0) is 6.61 Å². The molecule has 0 radical (unpaired) electrons. The van der Waals surface area contributed by atoms with Gasteiger partial charge in [0, 0.05) is 10.5 Å². The van der Waals surface area contributed by atoms with Crippen LogP contribution in [0.15, 0.2) is 46.9 Å². The Morgan fingerprint density at radius 1 is 1.22 bits per heavy atom. The second kappa shape index (κ2) is 5.64. The van der Waals surface area contributed by atoms with Gasteiger partial charge in [-0.15, -0.1) is 0 Å². The second-order valence-electron chi connectivity index (χ2n) is 3.58. The molecular formula is C13H10BrNO3. The van der Waals surface area contributed by atoms with E-state index in [4.69, 9.17) is 9.84 Å². The summed E-state index contributed by atoms with van der Waals surface area (Å²) in [6.07, 6.45) is 0. The highest BCUT2D eigenvalue weighted by Crippen LogP contribution is 2.13. The van der Waals surface area contributed by atoms with Crippen molar-refractivity contribution >= 4 is 21.9 Å². The molecule has 0 bridgehead atoms. The fourth-order valence-electron chi connectivity index (χ4n) is 1.35. The normalized spacial score (nSPS) is 10.1. The molecule has 0 spiro atoms. The number of aromatic carboxylic acids is 1. The zero-order valence-electron chi connectivity index (χ0n) is 9.34. The summed E-state index contributed by atoms with van der Waals surface area (Å²) >= 11 is 3.35. The fraction of sp³-hybridized carbons (Fsp3) is 0.0769. The Hall–Kier alpha value is -1.88. The van der Waals surface area contributed by atoms with Crippen LogP contribution in [0.4, 0.5) is 0 Å². The number of carbonyl (C=O) groups is 1. The molecule has 1 N–H and O–H groups in total. The van der Waals surface area contributed by atoms with Gasteiger partial charge in [-0.25, -0.2) is 9.78 Å². The van der Waals surface area contributed by atoms with E-state index in [0.29, 0.717) is 12.5 Å². The van der Waals surface area contributed by atoms with Crippen molar-refractivity contribution < 1.29 is 14.6 Å². The van der Waals surface area contributed by atoms with E-state index in [1.54, 1.807) is 12.1 Å². The van der Waals surface area contributed by atoms with Gasteiger partial charge in [-0.1, -0.05) is 34.1 Å². The quantitative estimate of drug-likeness (QED) is 0.943. The molecule has 92 valence electrons.